The van der Waals surface area contributed by atoms with Crippen LogP contribution in [0.25, 0.3) is 17.1 Å². The van der Waals surface area contributed by atoms with Gasteiger partial charge in [0.15, 0.2) is 0 Å². The molecule has 0 radical (unpaired) electrons. The first-order valence-corrected chi connectivity index (χ1v) is 12.3. The summed E-state index contributed by atoms with van der Waals surface area (Å²) in [6.45, 7) is 13.2. The van der Waals surface area contributed by atoms with Gasteiger partial charge in [0.1, 0.15) is 11.4 Å². The van der Waals surface area contributed by atoms with Crippen LogP contribution in [-0.4, -0.2) is 26.8 Å². The molecule has 0 saturated carbocycles. The van der Waals surface area contributed by atoms with E-state index in [1.54, 1.807) is 13.3 Å². The van der Waals surface area contributed by atoms with Gasteiger partial charge in [-0.15, -0.1) is 6.42 Å². The van der Waals surface area contributed by atoms with Gasteiger partial charge in [-0.05, 0) is 60.8 Å². The van der Waals surface area contributed by atoms with E-state index in [1.807, 2.05) is 48.0 Å². The predicted octanol–water partition coefficient (Wildman–Crippen LogP) is 6.76. The van der Waals surface area contributed by atoms with Gasteiger partial charge in [-0.3, -0.25) is 4.57 Å². The van der Waals surface area contributed by atoms with Gasteiger partial charge in [0.25, 0.3) is 0 Å². The highest BCUT2D eigenvalue weighted by atomic mass is 16.5. The zero-order valence-corrected chi connectivity index (χ0v) is 22.2. The standard InChI is InChI=1S/C30H39N3O2/c1-9-22-13-11-14-23(17-16-22)33-19-25(32-26(33)24-15-12-18-31-27(24)35-8)30(34,10-2)21-29(6,7)20-28(3,4)5/h1,12-19,34H,10-11,20-21H2,2-8H3. The maximum atomic E-state index is 12.0. The monoisotopic (exact) mass is 473 g/mol. The Hall–Kier alpha value is -3.10. The maximum Gasteiger partial charge on any atom is 0.224 e. The van der Waals surface area contributed by atoms with Crippen LogP contribution in [0.15, 0.2) is 54.4 Å². The molecule has 0 fully saturated rings. The van der Waals surface area contributed by atoms with Gasteiger partial charge in [0, 0.05) is 23.7 Å². The molecule has 1 aliphatic carbocycles. The first kappa shape index (κ1) is 26.5. The van der Waals surface area contributed by atoms with E-state index in [-0.39, 0.29) is 10.8 Å². The number of hydrogen-bond donors (Lipinski definition) is 1. The lowest BCUT2D eigenvalue weighted by Crippen LogP contribution is -2.34. The quantitative estimate of drug-likeness (QED) is 0.430. The minimum atomic E-state index is -1.08. The van der Waals surface area contributed by atoms with Crippen molar-refractivity contribution in [2.75, 3.05) is 7.11 Å². The Morgan fingerprint density at radius 2 is 1.89 bits per heavy atom. The van der Waals surface area contributed by atoms with Crippen molar-refractivity contribution in [3.63, 3.8) is 0 Å². The van der Waals surface area contributed by atoms with Gasteiger partial charge >= 0.3 is 0 Å². The van der Waals surface area contributed by atoms with Crippen molar-refractivity contribution in [1.82, 2.24) is 14.5 Å². The normalized spacial score (nSPS) is 16.1. The molecule has 1 unspecified atom stereocenters. The van der Waals surface area contributed by atoms with Crippen LogP contribution in [0.1, 0.15) is 72.9 Å². The third kappa shape index (κ3) is 6.32. The van der Waals surface area contributed by atoms with Crippen LogP contribution < -0.4 is 4.74 Å². The molecule has 2 heterocycles. The number of hydrogen-bond acceptors (Lipinski definition) is 4. The summed E-state index contributed by atoms with van der Waals surface area (Å²) in [4.78, 5) is 9.40. The second kappa shape index (κ2) is 10.3. The SMILES string of the molecule is C#CC1=CCC=C(n2cc(C(O)(CC)CC(C)(C)CC(C)(C)C)nc2-c2cccnc2OC)C=C1. The van der Waals surface area contributed by atoms with Gasteiger partial charge in [0.05, 0.1) is 18.4 Å². The lowest BCUT2D eigenvalue weighted by molar-refractivity contribution is -0.0233. The smallest absolute Gasteiger partial charge is 0.224 e. The van der Waals surface area contributed by atoms with Crippen molar-refractivity contribution in [1.29, 1.82) is 0 Å². The zero-order chi connectivity index (χ0) is 25.9. The molecular formula is C30H39N3O2. The summed E-state index contributed by atoms with van der Waals surface area (Å²) in [6.07, 6.45) is 20.2. The molecule has 0 amide bonds. The largest absolute Gasteiger partial charge is 0.480 e. The van der Waals surface area contributed by atoms with Crippen LogP contribution in [0.5, 0.6) is 5.88 Å². The van der Waals surface area contributed by atoms with Gasteiger partial charge in [-0.2, -0.15) is 0 Å². The predicted molar refractivity (Wildman–Crippen MR) is 144 cm³/mol. The molecule has 0 aliphatic heterocycles. The van der Waals surface area contributed by atoms with Crippen molar-refractivity contribution in [3.05, 3.63) is 60.1 Å². The van der Waals surface area contributed by atoms with Crippen LogP contribution in [0, 0.1) is 23.2 Å². The highest BCUT2D eigenvalue weighted by Crippen LogP contribution is 2.44. The fourth-order valence-electron chi connectivity index (χ4n) is 5.31. The number of pyridine rings is 1. The Labute approximate surface area is 210 Å². The Morgan fingerprint density at radius 1 is 1.14 bits per heavy atom. The molecule has 5 nitrogen and oxygen atoms in total. The van der Waals surface area contributed by atoms with Crippen LogP contribution in [0.3, 0.4) is 0 Å². The lowest BCUT2D eigenvalue weighted by Gasteiger charge is -2.38. The second-order valence-corrected chi connectivity index (χ2v) is 11.3. The van der Waals surface area contributed by atoms with Crippen LogP contribution >= 0.6 is 0 Å². The molecule has 186 valence electrons. The van der Waals surface area contributed by atoms with Crippen molar-refractivity contribution in [2.45, 2.75) is 72.8 Å². The number of rotatable bonds is 8. The summed E-state index contributed by atoms with van der Waals surface area (Å²) in [6, 6.07) is 3.80. The van der Waals surface area contributed by atoms with Crippen LogP contribution in [0.4, 0.5) is 0 Å². The van der Waals surface area contributed by atoms with Crippen molar-refractivity contribution < 1.29 is 9.84 Å². The number of imidazole rings is 1. The average molecular weight is 474 g/mol. The van der Waals surface area contributed by atoms with E-state index < -0.39 is 5.60 Å². The Kier molecular flexibility index (Phi) is 7.77. The zero-order valence-electron chi connectivity index (χ0n) is 22.2. The van der Waals surface area contributed by atoms with E-state index in [9.17, 15) is 5.11 Å². The van der Waals surface area contributed by atoms with E-state index in [2.05, 4.69) is 51.6 Å². The van der Waals surface area contributed by atoms with E-state index in [0.29, 0.717) is 36.7 Å². The summed E-state index contributed by atoms with van der Waals surface area (Å²) < 4.78 is 7.57. The van der Waals surface area contributed by atoms with Gasteiger partial charge in [-0.1, -0.05) is 59.6 Å². The molecule has 3 rings (SSSR count). The number of methoxy groups -OCH3 is 1. The van der Waals surface area contributed by atoms with Crippen molar-refractivity contribution in [2.24, 2.45) is 10.8 Å². The highest BCUT2D eigenvalue weighted by Gasteiger charge is 2.39. The number of nitrogens with zero attached hydrogens (tertiary/aromatic N) is 3. The van der Waals surface area contributed by atoms with Crippen molar-refractivity contribution in [3.8, 4) is 29.6 Å². The Balaban J connectivity index is 2.15. The first-order valence-electron chi connectivity index (χ1n) is 12.3. The van der Waals surface area contributed by atoms with Gasteiger partial charge in [0.2, 0.25) is 5.88 Å². The minimum absolute atomic E-state index is 0.0773. The van der Waals surface area contributed by atoms with Gasteiger partial charge < -0.3 is 9.84 Å². The third-order valence-electron chi connectivity index (χ3n) is 6.30. The molecular weight excluding hydrogens is 434 g/mol. The van der Waals surface area contributed by atoms with Crippen molar-refractivity contribution >= 4 is 5.70 Å². The molecule has 1 N–H and O–H groups in total. The Morgan fingerprint density at radius 3 is 2.51 bits per heavy atom. The third-order valence-corrected chi connectivity index (χ3v) is 6.30. The Bertz CT molecular complexity index is 1180. The number of aromatic nitrogens is 3. The molecule has 0 bridgehead atoms. The molecule has 1 atom stereocenters. The number of ether oxygens (including phenoxy) is 1. The summed E-state index contributed by atoms with van der Waals surface area (Å²) in [5.41, 5.74) is 2.17. The number of terminal acetylenes is 1. The fraction of sp³-hybridized carbons (Fsp3) is 0.467. The van der Waals surface area contributed by atoms with Crippen LogP contribution in [0.2, 0.25) is 0 Å². The molecule has 0 aromatic carbocycles. The van der Waals surface area contributed by atoms with E-state index in [0.717, 1.165) is 23.3 Å². The molecule has 2 aromatic heterocycles. The fourth-order valence-corrected chi connectivity index (χ4v) is 5.31. The molecule has 0 spiro atoms. The maximum absolute atomic E-state index is 12.0. The molecule has 35 heavy (non-hydrogen) atoms. The topological polar surface area (TPSA) is 60.2 Å². The lowest BCUT2D eigenvalue weighted by atomic mass is 9.69. The van der Waals surface area contributed by atoms with E-state index >= 15 is 0 Å². The summed E-state index contributed by atoms with van der Waals surface area (Å²) in [7, 11) is 1.60. The summed E-state index contributed by atoms with van der Waals surface area (Å²) >= 11 is 0. The minimum Gasteiger partial charge on any atom is -0.480 e. The number of aliphatic hydroxyl groups is 1. The molecule has 1 aliphatic rings. The first-order chi connectivity index (χ1) is 16.4. The van der Waals surface area contributed by atoms with E-state index in [1.165, 1.54) is 0 Å². The average Bonchev–Trinajstić information content (AvgIpc) is 3.09. The second-order valence-electron chi connectivity index (χ2n) is 11.3. The molecule has 2 aromatic rings. The van der Waals surface area contributed by atoms with E-state index in [4.69, 9.17) is 16.1 Å². The van der Waals surface area contributed by atoms with Gasteiger partial charge in [-0.25, -0.2) is 9.97 Å². The highest BCUT2D eigenvalue weighted by molar-refractivity contribution is 5.71. The molecule has 5 heteroatoms. The van der Waals surface area contributed by atoms with Crippen LogP contribution in [-0.2, 0) is 5.60 Å². The summed E-state index contributed by atoms with van der Waals surface area (Å²) in [5, 5.41) is 12.0. The number of allylic oxidation sites excluding steroid dienone is 6. The summed E-state index contributed by atoms with van der Waals surface area (Å²) in [5.74, 6) is 3.87. The molecule has 0 saturated heterocycles.